The molecule has 3 heteroatoms. The molecule has 0 amide bonds. The predicted octanol–water partition coefficient (Wildman–Crippen LogP) is 21.1. The third kappa shape index (κ3) is 7.43. The molecule has 13 aromatic carbocycles. The maximum Gasteiger partial charge on any atom is 0.0541 e. The van der Waals surface area contributed by atoms with Crippen molar-refractivity contribution in [2.45, 2.75) is 26.7 Å². The Kier molecular flexibility index (Phi) is 10.8. The third-order valence-electron chi connectivity index (χ3n) is 17.4. The van der Waals surface area contributed by atoms with E-state index in [1.54, 1.807) is 0 Å². The maximum absolute atomic E-state index is 2.47. The van der Waals surface area contributed by atoms with E-state index >= 15 is 0 Å². The van der Waals surface area contributed by atoms with Gasteiger partial charge in [-0.3, -0.25) is 0 Å². The van der Waals surface area contributed by atoms with Crippen LogP contribution in [0.2, 0.25) is 0 Å². The molecule has 0 aliphatic heterocycles. The van der Waals surface area contributed by atoms with E-state index in [1.807, 2.05) is 0 Å². The van der Waals surface area contributed by atoms with Crippen LogP contribution in [0.15, 0.2) is 273 Å². The first-order valence-electron chi connectivity index (χ1n) is 28.5. The Morgan fingerprint density at radius 1 is 0.210 bits per heavy atom. The summed E-state index contributed by atoms with van der Waals surface area (Å²) in [6.45, 7) is 4.43. The van der Waals surface area contributed by atoms with Gasteiger partial charge < -0.3 is 13.7 Å². The SMILES string of the molecule is CCc1ccc(-n2c3ccccc3c3cc(-c4ccc5c(c4)c4cc(-c6ccc7c(c6)c6ccccc6n7-c6ccc(CC)cc6)ccc4n5-c4ccc(-c5c6ccccc6c(-c6ccccc6)c6ccccc56)cc4)ccc32)cc1. The van der Waals surface area contributed by atoms with Crippen molar-refractivity contribution in [1.82, 2.24) is 13.7 Å². The Balaban J connectivity index is 0.872. The molecule has 0 bridgehead atoms. The van der Waals surface area contributed by atoms with Gasteiger partial charge in [-0.25, -0.2) is 0 Å². The van der Waals surface area contributed by atoms with Gasteiger partial charge >= 0.3 is 0 Å². The van der Waals surface area contributed by atoms with Gasteiger partial charge in [0.1, 0.15) is 0 Å². The normalized spacial score (nSPS) is 11.9. The molecule has 0 aliphatic carbocycles. The number of aryl methyl sites for hydroxylation is 2. The van der Waals surface area contributed by atoms with Gasteiger partial charge in [0.25, 0.3) is 0 Å². The van der Waals surface area contributed by atoms with E-state index in [2.05, 4.69) is 301 Å². The number of hydrogen-bond donors (Lipinski definition) is 0. The molecule has 382 valence electrons. The van der Waals surface area contributed by atoms with Gasteiger partial charge in [-0.1, -0.05) is 190 Å². The number of para-hydroxylation sites is 2. The summed E-state index contributed by atoms with van der Waals surface area (Å²) in [5.74, 6) is 0. The van der Waals surface area contributed by atoms with E-state index in [0.717, 1.165) is 18.5 Å². The van der Waals surface area contributed by atoms with Crippen LogP contribution in [0.25, 0.3) is 149 Å². The minimum Gasteiger partial charge on any atom is -0.309 e. The van der Waals surface area contributed by atoms with E-state index in [1.165, 1.54) is 154 Å². The van der Waals surface area contributed by atoms with Crippen LogP contribution in [0.5, 0.6) is 0 Å². The number of aromatic nitrogens is 3. The Morgan fingerprint density at radius 3 is 0.815 bits per heavy atom. The van der Waals surface area contributed by atoms with E-state index in [0.29, 0.717) is 0 Å². The second-order valence-electron chi connectivity index (χ2n) is 21.8. The van der Waals surface area contributed by atoms with Gasteiger partial charge in [-0.15, -0.1) is 0 Å². The highest BCUT2D eigenvalue weighted by Crippen LogP contribution is 2.45. The van der Waals surface area contributed by atoms with Crippen molar-refractivity contribution in [2.24, 2.45) is 0 Å². The molecule has 0 saturated carbocycles. The molecule has 0 spiro atoms. The molecule has 16 rings (SSSR count). The molecule has 0 aliphatic rings. The fraction of sp³-hybridized carbons (Fsp3) is 0.0513. The fourth-order valence-corrected chi connectivity index (χ4v) is 13.4. The zero-order chi connectivity index (χ0) is 53.7. The van der Waals surface area contributed by atoms with Gasteiger partial charge in [-0.2, -0.15) is 0 Å². The van der Waals surface area contributed by atoms with E-state index in [9.17, 15) is 0 Å². The highest BCUT2D eigenvalue weighted by molar-refractivity contribution is 6.22. The molecule has 3 aromatic heterocycles. The Bertz CT molecular complexity index is 4870. The smallest absolute Gasteiger partial charge is 0.0541 e. The van der Waals surface area contributed by atoms with Gasteiger partial charge in [0, 0.05) is 49.4 Å². The van der Waals surface area contributed by atoms with Gasteiger partial charge in [-0.05, 0) is 187 Å². The first-order valence-corrected chi connectivity index (χ1v) is 28.5. The summed E-state index contributed by atoms with van der Waals surface area (Å²) in [6, 6.07) is 102. The summed E-state index contributed by atoms with van der Waals surface area (Å²) in [7, 11) is 0. The van der Waals surface area contributed by atoms with Crippen LogP contribution < -0.4 is 0 Å². The van der Waals surface area contributed by atoms with E-state index in [4.69, 9.17) is 0 Å². The van der Waals surface area contributed by atoms with Gasteiger partial charge in [0.15, 0.2) is 0 Å². The summed E-state index contributed by atoms with van der Waals surface area (Å²) >= 11 is 0. The number of rotatable bonds is 9. The number of benzene rings is 13. The van der Waals surface area contributed by atoms with Crippen molar-refractivity contribution >= 4 is 87.0 Å². The van der Waals surface area contributed by atoms with Crippen molar-refractivity contribution in [3.8, 4) is 61.6 Å². The quantitative estimate of drug-likeness (QED) is 0.128. The zero-order valence-electron chi connectivity index (χ0n) is 45.2. The van der Waals surface area contributed by atoms with Crippen molar-refractivity contribution in [2.75, 3.05) is 0 Å². The fourth-order valence-electron chi connectivity index (χ4n) is 13.4. The monoisotopic (exact) mass is 1030 g/mol. The zero-order valence-corrected chi connectivity index (χ0v) is 45.2. The molecule has 0 atom stereocenters. The molecular weight excluding hydrogens is 979 g/mol. The lowest BCUT2D eigenvalue weighted by atomic mass is 9.86. The molecule has 16 aromatic rings. The van der Waals surface area contributed by atoms with Gasteiger partial charge in [0.05, 0.1) is 33.1 Å². The highest BCUT2D eigenvalue weighted by Gasteiger charge is 2.21. The topological polar surface area (TPSA) is 14.8 Å². The van der Waals surface area contributed by atoms with Crippen LogP contribution in [0.3, 0.4) is 0 Å². The molecule has 0 fully saturated rings. The van der Waals surface area contributed by atoms with Crippen LogP contribution in [-0.2, 0) is 12.8 Å². The molecular formula is C78H55N3. The van der Waals surface area contributed by atoms with Gasteiger partial charge in [0.2, 0.25) is 0 Å². The minimum atomic E-state index is 1.02. The Morgan fingerprint density at radius 2 is 0.469 bits per heavy atom. The van der Waals surface area contributed by atoms with Crippen molar-refractivity contribution in [3.05, 3.63) is 284 Å². The summed E-state index contributed by atoms with van der Waals surface area (Å²) < 4.78 is 7.31. The minimum absolute atomic E-state index is 1.02. The number of nitrogens with zero attached hydrogens (tertiary/aromatic N) is 3. The average molecular weight is 1030 g/mol. The van der Waals surface area contributed by atoms with Crippen LogP contribution in [0.1, 0.15) is 25.0 Å². The van der Waals surface area contributed by atoms with Crippen molar-refractivity contribution < 1.29 is 0 Å². The first kappa shape index (κ1) is 46.8. The maximum atomic E-state index is 2.47. The summed E-state index contributed by atoms with van der Waals surface area (Å²) in [4.78, 5) is 0. The lowest BCUT2D eigenvalue weighted by molar-refractivity contribution is 1.12. The summed E-state index contributed by atoms with van der Waals surface area (Å²) in [5, 5.41) is 12.5. The Hall–Kier alpha value is -10.2. The third-order valence-corrected chi connectivity index (χ3v) is 17.4. The second kappa shape index (κ2) is 18.7. The summed E-state index contributed by atoms with van der Waals surface area (Å²) in [6.07, 6.45) is 2.04. The standard InChI is InChI=1S/C78H55N3/c1-3-50-26-36-58(37-27-50)79-71-24-14-12-18-61(71)67-46-54(32-42-73(67)79)56-34-44-75-69(48-56)70-49-57(55-33-43-74-68(47-55)62-19-13-15-25-72(62)80(74)59-38-28-51(4-2)29-39-59)35-45-76(70)81(75)60-40-30-53(31-41-60)78-65-22-10-8-20-63(65)77(52-16-6-5-7-17-52)64-21-9-11-23-66(64)78/h5-49H,3-4H2,1-2H3. The van der Waals surface area contributed by atoms with Crippen LogP contribution >= 0.6 is 0 Å². The van der Waals surface area contributed by atoms with E-state index < -0.39 is 0 Å². The molecule has 0 saturated heterocycles. The molecule has 3 nitrogen and oxygen atoms in total. The predicted molar refractivity (Wildman–Crippen MR) is 345 cm³/mol. The van der Waals surface area contributed by atoms with Crippen LogP contribution in [-0.4, -0.2) is 13.7 Å². The van der Waals surface area contributed by atoms with Crippen molar-refractivity contribution in [1.29, 1.82) is 0 Å². The van der Waals surface area contributed by atoms with Crippen LogP contribution in [0, 0.1) is 0 Å². The van der Waals surface area contributed by atoms with Crippen molar-refractivity contribution in [3.63, 3.8) is 0 Å². The highest BCUT2D eigenvalue weighted by atomic mass is 15.0. The molecule has 0 radical (unpaired) electrons. The first-order chi connectivity index (χ1) is 40.1. The Labute approximate surface area is 470 Å². The lowest BCUT2D eigenvalue weighted by Crippen LogP contribution is -1.95. The molecule has 0 N–H and O–H groups in total. The second-order valence-corrected chi connectivity index (χ2v) is 21.8. The average Bonchev–Trinajstić information content (AvgIpc) is 4.40. The largest absolute Gasteiger partial charge is 0.309 e. The van der Waals surface area contributed by atoms with Crippen LogP contribution in [0.4, 0.5) is 0 Å². The molecule has 81 heavy (non-hydrogen) atoms. The lowest BCUT2D eigenvalue weighted by Gasteiger charge is -2.18. The summed E-state index contributed by atoms with van der Waals surface area (Å²) in [5.41, 5.74) is 23.1. The van der Waals surface area contributed by atoms with E-state index in [-0.39, 0.29) is 0 Å². The number of hydrogen-bond acceptors (Lipinski definition) is 0. The number of fused-ring (bicyclic) bond motifs is 11. The molecule has 3 heterocycles. The molecule has 0 unspecified atom stereocenters.